The van der Waals surface area contributed by atoms with Crippen LogP contribution < -0.4 is 9.80 Å². The number of para-hydroxylation sites is 2. The van der Waals surface area contributed by atoms with E-state index in [1.165, 1.54) is 12.1 Å². The minimum atomic E-state index is -0.413. The van der Waals surface area contributed by atoms with Crippen molar-refractivity contribution < 1.29 is 8.78 Å². The van der Waals surface area contributed by atoms with Crippen LogP contribution in [0.15, 0.2) is 72.8 Å². The molecule has 2 heterocycles. The first kappa shape index (κ1) is 21.5. The summed E-state index contributed by atoms with van der Waals surface area (Å²) in [6.45, 7) is 0. The Hall–Kier alpha value is -3.04. The monoisotopic (exact) mass is 518 g/mol. The largest absolute Gasteiger partial charge is 0.288 e. The molecule has 34 heavy (non-hydrogen) atoms. The van der Waals surface area contributed by atoms with Crippen molar-refractivity contribution >= 4 is 91.0 Å². The molecule has 0 spiro atoms. The molecule has 0 saturated carbocycles. The molecule has 4 aromatic rings. The number of hydrogen-bond acceptors (Lipinski definition) is 4. The van der Waals surface area contributed by atoms with Crippen molar-refractivity contribution in [2.24, 2.45) is 0 Å². The van der Waals surface area contributed by atoms with Gasteiger partial charge in [0.25, 0.3) is 0 Å². The van der Waals surface area contributed by atoms with E-state index in [0.29, 0.717) is 31.3 Å². The smallest absolute Gasteiger partial charge is 0.147 e. The molecule has 0 radical (unpaired) electrons. The van der Waals surface area contributed by atoms with Crippen molar-refractivity contribution in [3.63, 3.8) is 0 Å². The van der Waals surface area contributed by atoms with Gasteiger partial charge in [0.05, 0.1) is 11.4 Å². The molecular formula is C26H12F2N2S4. The number of anilines is 2. The summed E-state index contributed by atoms with van der Waals surface area (Å²) in [6.07, 6.45) is 0. The third-order valence-electron chi connectivity index (χ3n) is 6.08. The van der Waals surface area contributed by atoms with Crippen molar-refractivity contribution in [1.82, 2.24) is 0 Å². The van der Waals surface area contributed by atoms with E-state index in [4.69, 9.17) is 48.9 Å². The van der Waals surface area contributed by atoms with Gasteiger partial charge in [0, 0.05) is 33.0 Å². The summed E-state index contributed by atoms with van der Waals surface area (Å²) in [5, 5.41) is 1.66. The van der Waals surface area contributed by atoms with Gasteiger partial charge in [0.1, 0.15) is 31.6 Å². The Balaban J connectivity index is 1.59. The lowest BCUT2D eigenvalue weighted by atomic mass is 9.86. The Morgan fingerprint density at radius 3 is 1.03 bits per heavy atom. The van der Waals surface area contributed by atoms with Crippen LogP contribution in [-0.2, 0) is 0 Å². The molecule has 0 saturated heterocycles. The fourth-order valence-electron chi connectivity index (χ4n) is 4.58. The van der Waals surface area contributed by atoms with Gasteiger partial charge in [-0.15, -0.1) is 0 Å². The van der Waals surface area contributed by atoms with Crippen LogP contribution in [0.4, 0.5) is 20.2 Å². The third-order valence-corrected chi connectivity index (χ3v) is 7.69. The predicted octanol–water partition coefficient (Wildman–Crippen LogP) is 6.86. The van der Waals surface area contributed by atoms with Gasteiger partial charge in [-0.1, -0.05) is 97.4 Å². The van der Waals surface area contributed by atoms with Crippen LogP contribution in [0.5, 0.6) is 0 Å². The Morgan fingerprint density at radius 2 is 0.735 bits per heavy atom. The standard InChI is InChI=1S/C26H12F2N2S4/c27-17-5-1-3-7-19(17)29-23(31)13-9-11-15-22-16(12-10-14(21(13)22)24(29)32)26(34)30(25(15)33)20-8-4-2-6-18(20)28/h1-12H. The summed E-state index contributed by atoms with van der Waals surface area (Å²) in [4.78, 5) is 4.79. The lowest BCUT2D eigenvalue weighted by Gasteiger charge is -2.36. The molecular weight excluding hydrogens is 507 g/mol. The zero-order chi connectivity index (χ0) is 23.7. The van der Waals surface area contributed by atoms with E-state index in [2.05, 4.69) is 0 Å². The molecule has 8 heteroatoms. The molecule has 0 aromatic heterocycles. The van der Waals surface area contributed by atoms with Gasteiger partial charge >= 0.3 is 0 Å². The second-order valence-corrected chi connectivity index (χ2v) is 9.41. The fraction of sp³-hybridized carbons (Fsp3) is 0. The van der Waals surface area contributed by atoms with Gasteiger partial charge in [-0.3, -0.25) is 9.80 Å². The lowest BCUT2D eigenvalue weighted by Crippen LogP contribution is -2.42. The van der Waals surface area contributed by atoms with E-state index in [-0.39, 0.29) is 0 Å². The predicted molar refractivity (Wildman–Crippen MR) is 149 cm³/mol. The van der Waals surface area contributed by atoms with E-state index >= 15 is 0 Å². The number of rotatable bonds is 2. The molecule has 0 fully saturated rings. The van der Waals surface area contributed by atoms with E-state index in [9.17, 15) is 8.78 Å². The first-order valence-electron chi connectivity index (χ1n) is 10.3. The Labute approximate surface area is 215 Å². The van der Waals surface area contributed by atoms with E-state index in [1.54, 1.807) is 46.2 Å². The molecule has 4 aromatic carbocycles. The summed E-state index contributed by atoms with van der Waals surface area (Å²) in [6, 6.07) is 20.2. The van der Waals surface area contributed by atoms with Crippen molar-refractivity contribution in [3.05, 3.63) is 107 Å². The van der Waals surface area contributed by atoms with Gasteiger partial charge in [0.2, 0.25) is 0 Å². The van der Waals surface area contributed by atoms with Crippen LogP contribution >= 0.6 is 48.9 Å². The van der Waals surface area contributed by atoms with Crippen LogP contribution in [0.25, 0.3) is 10.8 Å². The molecule has 0 bridgehead atoms. The first-order chi connectivity index (χ1) is 16.4. The van der Waals surface area contributed by atoms with Gasteiger partial charge in [-0.2, -0.15) is 0 Å². The fourth-order valence-corrected chi connectivity index (χ4v) is 6.13. The van der Waals surface area contributed by atoms with E-state index in [0.717, 1.165) is 33.0 Å². The average Bonchev–Trinajstić information content (AvgIpc) is 2.83. The Kier molecular flexibility index (Phi) is 4.90. The molecule has 2 aliphatic heterocycles. The number of hydrogen-bond donors (Lipinski definition) is 0. The molecule has 2 nitrogen and oxygen atoms in total. The van der Waals surface area contributed by atoms with Crippen LogP contribution in [0.1, 0.15) is 22.3 Å². The highest BCUT2D eigenvalue weighted by Crippen LogP contribution is 2.41. The minimum absolute atomic E-state index is 0.299. The van der Waals surface area contributed by atoms with Crippen LogP contribution in [0, 0.1) is 11.6 Å². The molecule has 0 N–H and O–H groups in total. The van der Waals surface area contributed by atoms with Gasteiger partial charge in [0.15, 0.2) is 0 Å². The summed E-state index contributed by atoms with van der Waals surface area (Å²) < 4.78 is 29.4. The van der Waals surface area contributed by atoms with E-state index in [1.807, 2.05) is 24.3 Å². The van der Waals surface area contributed by atoms with Gasteiger partial charge in [-0.25, -0.2) is 8.78 Å². The van der Waals surface area contributed by atoms with Gasteiger partial charge < -0.3 is 0 Å². The highest BCUT2D eigenvalue weighted by molar-refractivity contribution is 7.83. The molecule has 0 unspecified atom stereocenters. The van der Waals surface area contributed by atoms with Crippen LogP contribution in [0.3, 0.4) is 0 Å². The Morgan fingerprint density at radius 1 is 0.441 bits per heavy atom. The SMILES string of the molecule is Fc1ccccc1N1C(=S)c2ccc3c4c(ccc(c24)C1=S)C(=S)N(c1ccccc1F)C3=S. The van der Waals surface area contributed by atoms with Crippen molar-refractivity contribution in [1.29, 1.82) is 0 Å². The maximum absolute atomic E-state index is 14.7. The maximum Gasteiger partial charge on any atom is 0.147 e. The molecule has 164 valence electrons. The lowest BCUT2D eigenvalue weighted by molar-refractivity contribution is 0.629. The molecule has 2 aliphatic rings. The second kappa shape index (κ2) is 7.74. The molecule has 6 rings (SSSR count). The third kappa shape index (κ3) is 2.86. The topological polar surface area (TPSA) is 6.48 Å². The summed E-state index contributed by atoms with van der Waals surface area (Å²) in [7, 11) is 0. The van der Waals surface area contributed by atoms with Crippen molar-refractivity contribution in [2.75, 3.05) is 9.80 Å². The zero-order valence-corrected chi connectivity index (χ0v) is 20.5. The van der Waals surface area contributed by atoms with Crippen molar-refractivity contribution in [3.8, 4) is 0 Å². The second-order valence-electron chi connectivity index (χ2n) is 7.87. The normalized spacial score (nSPS) is 14.9. The molecule has 0 atom stereocenters. The summed E-state index contributed by atoms with van der Waals surface area (Å²) in [5.41, 5.74) is 3.57. The average molecular weight is 519 g/mol. The number of halogens is 2. The minimum Gasteiger partial charge on any atom is -0.288 e. The first-order valence-corrected chi connectivity index (χ1v) is 11.9. The van der Waals surface area contributed by atoms with Crippen LogP contribution in [0.2, 0.25) is 0 Å². The quantitative estimate of drug-likeness (QED) is 0.266. The van der Waals surface area contributed by atoms with Crippen molar-refractivity contribution in [2.45, 2.75) is 0 Å². The van der Waals surface area contributed by atoms with Crippen LogP contribution in [-0.4, -0.2) is 20.0 Å². The summed E-state index contributed by atoms with van der Waals surface area (Å²) >= 11 is 23.2. The van der Waals surface area contributed by atoms with Gasteiger partial charge in [-0.05, 0) is 24.3 Å². The maximum atomic E-state index is 14.7. The summed E-state index contributed by atoms with van der Waals surface area (Å²) in [5.74, 6) is -0.826. The highest BCUT2D eigenvalue weighted by Gasteiger charge is 2.36. The highest BCUT2D eigenvalue weighted by atomic mass is 32.1. The Bertz CT molecular complexity index is 1440. The molecule has 0 amide bonds. The molecule has 0 aliphatic carbocycles. The number of nitrogens with zero attached hydrogens (tertiary/aromatic N) is 2. The number of benzene rings is 4. The number of thiocarbonyl (C=S) groups is 4. The van der Waals surface area contributed by atoms with E-state index < -0.39 is 11.6 Å². The zero-order valence-electron chi connectivity index (χ0n) is 17.2.